The molecule has 16 heavy (non-hydrogen) atoms. The van der Waals surface area contributed by atoms with E-state index in [2.05, 4.69) is 5.10 Å². The number of aromatic nitrogens is 2. The van der Waals surface area contributed by atoms with Crippen molar-refractivity contribution in [3.05, 3.63) is 17.5 Å². The lowest BCUT2D eigenvalue weighted by atomic mass is 10.1. The highest BCUT2D eigenvalue weighted by atomic mass is 19.4. The summed E-state index contributed by atoms with van der Waals surface area (Å²) in [7, 11) is 1.62. The first-order valence-electron chi connectivity index (χ1n) is 4.93. The summed E-state index contributed by atoms with van der Waals surface area (Å²) in [5.41, 5.74) is 3.06. The van der Waals surface area contributed by atoms with Gasteiger partial charge in [-0.2, -0.15) is 18.3 Å². The monoisotopic (exact) mass is 236 g/mol. The highest BCUT2D eigenvalue weighted by Gasteiger charge is 2.39. The molecule has 1 aromatic rings. The maximum Gasteiger partial charge on any atom is 0.405 e. The zero-order valence-corrected chi connectivity index (χ0v) is 9.17. The van der Waals surface area contributed by atoms with Crippen molar-refractivity contribution in [1.29, 1.82) is 0 Å². The normalized spacial score (nSPS) is 14.1. The maximum atomic E-state index is 12.5. The van der Waals surface area contributed by atoms with Crippen LogP contribution in [0.25, 0.3) is 0 Å². The van der Waals surface area contributed by atoms with Crippen LogP contribution in [-0.2, 0) is 19.9 Å². The van der Waals surface area contributed by atoms with Crippen LogP contribution < -0.4 is 11.3 Å². The van der Waals surface area contributed by atoms with E-state index in [1.54, 1.807) is 18.5 Å². The number of halogens is 3. The molecule has 0 radical (unpaired) electrons. The van der Waals surface area contributed by atoms with Crippen molar-refractivity contribution in [2.24, 2.45) is 12.9 Å². The highest BCUT2D eigenvalue weighted by molar-refractivity contribution is 5.12. The highest BCUT2D eigenvalue weighted by Crippen LogP contribution is 2.22. The lowest BCUT2D eigenvalue weighted by Gasteiger charge is -2.18. The average molecular weight is 236 g/mol. The minimum atomic E-state index is -4.36. The molecule has 3 N–H and O–H groups in total. The Balaban J connectivity index is 2.82. The van der Waals surface area contributed by atoms with Crippen LogP contribution in [0.2, 0.25) is 0 Å². The smallest absolute Gasteiger partial charge is 0.272 e. The number of nitrogens with zero attached hydrogens (tertiary/aromatic N) is 2. The van der Waals surface area contributed by atoms with Crippen LogP contribution in [0.5, 0.6) is 0 Å². The molecule has 92 valence electrons. The molecule has 0 aliphatic rings. The Bertz CT molecular complexity index is 345. The van der Waals surface area contributed by atoms with Crippen molar-refractivity contribution in [2.75, 3.05) is 0 Å². The molecule has 0 aliphatic carbocycles. The second kappa shape index (κ2) is 4.84. The minimum Gasteiger partial charge on any atom is -0.272 e. The quantitative estimate of drug-likeness (QED) is 0.603. The van der Waals surface area contributed by atoms with E-state index in [-0.39, 0.29) is 6.42 Å². The Morgan fingerprint density at radius 1 is 1.56 bits per heavy atom. The van der Waals surface area contributed by atoms with Gasteiger partial charge in [0.05, 0.1) is 5.69 Å². The van der Waals surface area contributed by atoms with Gasteiger partial charge >= 0.3 is 6.18 Å². The predicted octanol–water partition coefficient (Wildman–Crippen LogP) is 0.919. The fraction of sp³-hybridized carbons (Fsp3) is 0.667. The summed E-state index contributed by atoms with van der Waals surface area (Å²) in [5.74, 6) is 4.90. The molecule has 7 heteroatoms. The van der Waals surface area contributed by atoms with Gasteiger partial charge in [-0.1, -0.05) is 6.92 Å². The molecular formula is C9H15F3N4. The average Bonchev–Trinajstić information content (AvgIpc) is 2.54. The van der Waals surface area contributed by atoms with Gasteiger partial charge in [-0.05, 0) is 12.5 Å². The van der Waals surface area contributed by atoms with E-state index in [4.69, 9.17) is 5.84 Å². The fourth-order valence-electron chi connectivity index (χ4n) is 1.41. The first kappa shape index (κ1) is 13.0. The Morgan fingerprint density at radius 2 is 2.19 bits per heavy atom. The Labute approximate surface area is 91.6 Å². The van der Waals surface area contributed by atoms with Gasteiger partial charge in [0.1, 0.15) is 6.04 Å². The molecule has 1 heterocycles. The number of nitrogens with one attached hydrogen (secondary N) is 1. The number of nitrogens with two attached hydrogens (primary N) is 1. The lowest BCUT2D eigenvalue weighted by molar-refractivity contribution is -0.155. The molecule has 0 amide bonds. The molecule has 4 nitrogen and oxygen atoms in total. The SMILES string of the molecule is CCc1cc(CC(NN)C(F)(F)F)n(C)n1. The van der Waals surface area contributed by atoms with Crippen LogP contribution in [0, 0.1) is 0 Å². The van der Waals surface area contributed by atoms with E-state index in [0.717, 1.165) is 5.69 Å². The van der Waals surface area contributed by atoms with Crippen LogP contribution in [0.3, 0.4) is 0 Å². The molecule has 0 aliphatic heterocycles. The van der Waals surface area contributed by atoms with E-state index in [9.17, 15) is 13.2 Å². The Kier molecular flexibility index (Phi) is 3.93. The molecule has 1 unspecified atom stereocenters. The van der Waals surface area contributed by atoms with Crippen LogP contribution >= 0.6 is 0 Å². The fourth-order valence-corrected chi connectivity index (χ4v) is 1.41. The topological polar surface area (TPSA) is 55.9 Å². The van der Waals surface area contributed by atoms with Gasteiger partial charge in [-0.15, -0.1) is 0 Å². The first-order valence-corrected chi connectivity index (χ1v) is 4.93. The summed E-state index contributed by atoms with van der Waals surface area (Å²) in [6, 6.07) is -0.0802. The van der Waals surface area contributed by atoms with Crippen LogP contribution in [-0.4, -0.2) is 22.0 Å². The molecule has 1 atom stereocenters. The first-order chi connectivity index (χ1) is 7.38. The molecule has 0 fully saturated rings. The predicted molar refractivity (Wildman–Crippen MR) is 53.5 cm³/mol. The summed E-state index contributed by atoms with van der Waals surface area (Å²) in [5, 5.41) is 4.08. The summed E-state index contributed by atoms with van der Waals surface area (Å²) < 4.78 is 38.8. The number of aryl methyl sites for hydroxylation is 2. The number of hydrogen-bond acceptors (Lipinski definition) is 3. The molecule has 0 saturated carbocycles. The van der Waals surface area contributed by atoms with Crippen molar-refractivity contribution in [3.63, 3.8) is 0 Å². The van der Waals surface area contributed by atoms with Gasteiger partial charge < -0.3 is 0 Å². The van der Waals surface area contributed by atoms with Crippen molar-refractivity contribution in [1.82, 2.24) is 15.2 Å². The second-order valence-electron chi connectivity index (χ2n) is 3.57. The number of hydrogen-bond donors (Lipinski definition) is 2. The molecule has 0 aromatic carbocycles. The van der Waals surface area contributed by atoms with Gasteiger partial charge in [-0.3, -0.25) is 10.5 Å². The van der Waals surface area contributed by atoms with Gasteiger partial charge in [0.2, 0.25) is 0 Å². The third-order valence-corrected chi connectivity index (χ3v) is 2.40. The number of rotatable bonds is 4. The number of alkyl halides is 3. The second-order valence-corrected chi connectivity index (χ2v) is 3.57. The van der Waals surface area contributed by atoms with E-state index < -0.39 is 12.2 Å². The molecule has 0 bridgehead atoms. The van der Waals surface area contributed by atoms with Crippen molar-refractivity contribution in [2.45, 2.75) is 32.0 Å². The maximum absolute atomic E-state index is 12.5. The van der Waals surface area contributed by atoms with Gasteiger partial charge in [0, 0.05) is 19.2 Å². The van der Waals surface area contributed by atoms with Gasteiger partial charge in [-0.25, -0.2) is 5.43 Å². The minimum absolute atomic E-state index is 0.219. The van der Waals surface area contributed by atoms with E-state index >= 15 is 0 Å². The Hall–Kier alpha value is -1.08. The molecule has 1 rings (SSSR count). The van der Waals surface area contributed by atoms with E-state index in [1.807, 2.05) is 6.92 Å². The van der Waals surface area contributed by atoms with Gasteiger partial charge in [0.15, 0.2) is 0 Å². The number of hydrazine groups is 1. The lowest BCUT2D eigenvalue weighted by Crippen LogP contribution is -2.47. The van der Waals surface area contributed by atoms with Crippen molar-refractivity contribution in [3.8, 4) is 0 Å². The molecule has 1 aromatic heterocycles. The summed E-state index contributed by atoms with van der Waals surface area (Å²) in [6.07, 6.45) is -3.88. The summed E-state index contributed by atoms with van der Waals surface area (Å²) >= 11 is 0. The standard InChI is InChI=1S/C9H15F3N4/c1-3-6-4-7(16(2)15-6)5-8(14-13)9(10,11)12/h4,8,14H,3,5,13H2,1-2H3. The molecule has 0 saturated heterocycles. The van der Waals surface area contributed by atoms with Crippen LogP contribution in [0.4, 0.5) is 13.2 Å². The zero-order chi connectivity index (χ0) is 12.3. The molecule has 0 spiro atoms. The van der Waals surface area contributed by atoms with Crippen LogP contribution in [0.1, 0.15) is 18.3 Å². The summed E-state index contributed by atoms with van der Waals surface area (Å²) in [4.78, 5) is 0. The van der Waals surface area contributed by atoms with Crippen LogP contribution in [0.15, 0.2) is 6.07 Å². The largest absolute Gasteiger partial charge is 0.405 e. The summed E-state index contributed by atoms with van der Waals surface area (Å²) in [6.45, 7) is 1.90. The zero-order valence-electron chi connectivity index (χ0n) is 9.17. The van der Waals surface area contributed by atoms with E-state index in [0.29, 0.717) is 12.1 Å². The third kappa shape index (κ3) is 2.96. The van der Waals surface area contributed by atoms with Gasteiger partial charge in [0.25, 0.3) is 0 Å². The van der Waals surface area contributed by atoms with Crippen molar-refractivity contribution >= 4 is 0 Å². The van der Waals surface area contributed by atoms with Crippen molar-refractivity contribution < 1.29 is 13.2 Å². The Morgan fingerprint density at radius 3 is 2.56 bits per heavy atom. The molecular weight excluding hydrogens is 221 g/mol. The third-order valence-electron chi connectivity index (χ3n) is 2.40. The van der Waals surface area contributed by atoms with E-state index in [1.165, 1.54) is 4.68 Å².